The molecule has 1 aromatic carbocycles. The highest BCUT2D eigenvalue weighted by Gasteiger charge is 2.03. The average molecular weight is 232 g/mol. The molecule has 0 amide bonds. The van der Waals surface area contributed by atoms with Gasteiger partial charge in [-0.25, -0.2) is 0 Å². The first-order chi connectivity index (χ1) is 8.29. The van der Waals surface area contributed by atoms with Gasteiger partial charge in [0.05, 0.1) is 0 Å². The van der Waals surface area contributed by atoms with Crippen molar-refractivity contribution in [3.63, 3.8) is 0 Å². The first-order valence-corrected chi connectivity index (χ1v) is 7.37. The Bertz CT molecular complexity index is 284. The Hall–Kier alpha value is -0.780. The Kier molecular flexibility index (Phi) is 7.00. The molecule has 0 nitrogen and oxygen atoms in total. The molecule has 1 rings (SSSR count). The van der Waals surface area contributed by atoms with E-state index in [4.69, 9.17) is 0 Å². The van der Waals surface area contributed by atoms with Gasteiger partial charge in [-0.15, -0.1) is 0 Å². The lowest BCUT2D eigenvalue weighted by Crippen LogP contribution is -1.96. The highest BCUT2D eigenvalue weighted by Crippen LogP contribution is 2.18. The van der Waals surface area contributed by atoms with E-state index in [9.17, 15) is 0 Å². The van der Waals surface area contributed by atoms with E-state index in [0.717, 1.165) is 0 Å². The lowest BCUT2D eigenvalue weighted by Gasteiger charge is -2.11. The van der Waals surface area contributed by atoms with Crippen molar-refractivity contribution in [3.05, 3.63) is 34.9 Å². The summed E-state index contributed by atoms with van der Waals surface area (Å²) in [6, 6.07) is 6.87. The molecule has 0 aliphatic heterocycles. The van der Waals surface area contributed by atoms with E-state index in [2.05, 4.69) is 39.0 Å². The third-order valence-electron chi connectivity index (χ3n) is 3.66. The molecule has 0 fully saturated rings. The molecule has 0 radical (unpaired) electrons. The summed E-state index contributed by atoms with van der Waals surface area (Å²) in [5.74, 6) is 0. The van der Waals surface area contributed by atoms with Gasteiger partial charge in [-0.1, -0.05) is 57.7 Å². The highest BCUT2D eigenvalue weighted by molar-refractivity contribution is 5.34. The standard InChI is InChI=1S/C17H28/c1-4-6-8-11-16-13-10-14-17(15(16)3)12-9-7-5-2/h10,13-14H,4-9,11-12H2,1-3H3. The molecule has 0 unspecified atom stereocenters. The number of unbranched alkanes of at least 4 members (excludes halogenated alkanes) is 4. The minimum Gasteiger partial charge on any atom is -0.0654 e. The highest BCUT2D eigenvalue weighted by atomic mass is 14.1. The van der Waals surface area contributed by atoms with Crippen LogP contribution >= 0.6 is 0 Å². The smallest absolute Gasteiger partial charge is 0.0276 e. The van der Waals surface area contributed by atoms with Crippen LogP contribution < -0.4 is 0 Å². The van der Waals surface area contributed by atoms with Crippen molar-refractivity contribution in [1.29, 1.82) is 0 Å². The summed E-state index contributed by atoms with van der Waals surface area (Å²) >= 11 is 0. The van der Waals surface area contributed by atoms with Crippen LogP contribution in [-0.2, 0) is 12.8 Å². The van der Waals surface area contributed by atoms with Crippen molar-refractivity contribution in [2.75, 3.05) is 0 Å². The maximum Gasteiger partial charge on any atom is -0.0276 e. The molecule has 0 spiro atoms. The summed E-state index contributed by atoms with van der Waals surface area (Å²) in [5, 5.41) is 0. The predicted octanol–water partition coefficient (Wildman–Crippen LogP) is 5.46. The number of hydrogen-bond acceptors (Lipinski definition) is 0. The van der Waals surface area contributed by atoms with Gasteiger partial charge in [0, 0.05) is 0 Å². The van der Waals surface area contributed by atoms with Gasteiger partial charge in [0.15, 0.2) is 0 Å². The quantitative estimate of drug-likeness (QED) is 0.522. The van der Waals surface area contributed by atoms with E-state index in [1.54, 1.807) is 16.7 Å². The monoisotopic (exact) mass is 232 g/mol. The fraction of sp³-hybridized carbons (Fsp3) is 0.647. The van der Waals surface area contributed by atoms with Crippen LogP contribution in [-0.4, -0.2) is 0 Å². The summed E-state index contributed by atoms with van der Waals surface area (Å²) in [6.07, 6.45) is 10.6. The van der Waals surface area contributed by atoms with Crippen LogP contribution in [0.2, 0.25) is 0 Å². The van der Waals surface area contributed by atoms with Gasteiger partial charge in [0.2, 0.25) is 0 Å². The van der Waals surface area contributed by atoms with Crippen LogP contribution in [0.15, 0.2) is 18.2 Å². The van der Waals surface area contributed by atoms with Crippen LogP contribution in [0, 0.1) is 6.92 Å². The Morgan fingerprint density at radius 2 is 1.24 bits per heavy atom. The van der Waals surface area contributed by atoms with Gasteiger partial charge in [-0.3, -0.25) is 0 Å². The summed E-state index contributed by atoms with van der Waals surface area (Å²) in [7, 11) is 0. The van der Waals surface area contributed by atoms with Crippen LogP contribution in [0.25, 0.3) is 0 Å². The van der Waals surface area contributed by atoms with E-state index >= 15 is 0 Å². The molecule has 0 heteroatoms. The van der Waals surface area contributed by atoms with Crippen molar-refractivity contribution >= 4 is 0 Å². The molecule has 96 valence electrons. The predicted molar refractivity (Wildman–Crippen MR) is 77.6 cm³/mol. The van der Waals surface area contributed by atoms with Crippen LogP contribution in [0.3, 0.4) is 0 Å². The molecule has 0 saturated carbocycles. The average Bonchev–Trinajstić information content (AvgIpc) is 2.34. The Morgan fingerprint density at radius 3 is 1.65 bits per heavy atom. The first kappa shape index (κ1) is 14.3. The van der Waals surface area contributed by atoms with E-state index in [1.165, 1.54) is 51.4 Å². The minimum atomic E-state index is 1.27. The summed E-state index contributed by atoms with van der Waals surface area (Å²) in [6.45, 7) is 6.85. The van der Waals surface area contributed by atoms with E-state index < -0.39 is 0 Å². The fourth-order valence-corrected chi connectivity index (χ4v) is 2.41. The van der Waals surface area contributed by atoms with Gasteiger partial charge < -0.3 is 0 Å². The zero-order valence-electron chi connectivity index (χ0n) is 11.9. The maximum atomic E-state index is 2.31. The Balaban J connectivity index is 2.56. The van der Waals surface area contributed by atoms with Crippen molar-refractivity contribution in [1.82, 2.24) is 0 Å². The van der Waals surface area contributed by atoms with Crippen molar-refractivity contribution in [3.8, 4) is 0 Å². The lowest BCUT2D eigenvalue weighted by atomic mass is 9.95. The largest absolute Gasteiger partial charge is 0.0654 e. The topological polar surface area (TPSA) is 0 Å². The second kappa shape index (κ2) is 8.33. The summed E-state index contributed by atoms with van der Waals surface area (Å²) in [4.78, 5) is 0. The number of rotatable bonds is 8. The SMILES string of the molecule is CCCCCc1cccc(CCCCC)c1C. The summed E-state index contributed by atoms with van der Waals surface area (Å²) < 4.78 is 0. The third kappa shape index (κ3) is 4.93. The van der Waals surface area contributed by atoms with Crippen molar-refractivity contribution in [2.45, 2.75) is 72.1 Å². The van der Waals surface area contributed by atoms with Crippen molar-refractivity contribution < 1.29 is 0 Å². The molecule has 0 aliphatic carbocycles. The van der Waals surface area contributed by atoms with E-state index in [0.29, 0.717) is 0 Å². The van der Waals surface area contributed by atoms with E-state index in [1.807, 2.05) is 0 Å². The molecular formula is C17H28. The van der Waals surface area contributed by atoms with Gasteiger partial charge in [-0.2, -0.15) is 0 Å². The minimum absolute atomic E-state index is 1.27. The molecule has 0 heterocycles. The number of aryl methyl sites for hydroxylation is 2. The maximum absolute atomic E-state index is 2.31. The molecule has 17 heavy (non-hydrogen) atoms. The molecule has 0 bridgehead atoms. The molecule has 0 N–H and O–H groups in total. The molecule has 1 aromatic rings. The van der Waals surface area contributed by atoms with Crippen LogP contribution in [0.5, 0.6) is 0 Å². The zero-order valence-corrected chi connectivity index (χ0v) is 11.9. The molecular weight excluding hydrogens is 204 g/mol. The number of benzene rings is 1. The van der Waals surface area contributed by atoms with Crippen LogP contribution in [0.1, 0.15) is 69.1 Å². The lowest BCUT2D eigenvalue weighted by molar-refractivity contribution is 0.704. The Morgan fingerprint density at radius 1 is 0.765 bits per heavy atom. The second-order valence-corrected chi connectivity index (χ2v) is 5.12. The third-order valence-corrected chi connectivity index (χ3v) is 3.66. The molecule has 0 atom stereocenters. The van der Waals surface area contributed by atoms with Crippen molar-refractivity contribution in [2.24, 2.45) is 0 Å². The van der Waals surface area contributed by atoms with Gasteiger partial charge in [0.1, 0.15) is 0 Å². The Labute approximate surface area is 107 Å². The molecule has 0 aromatic heterocycles. The zero-order chi connectivity index (χ0) is 12.5. The first-order valence-electron chi connectivity index (χ1n) is 7.37. The molecule has 0 saturated heterocycles. The van der Waals surface area contributed by atoms with Gasteiger partial charge in [-0.05, 0) is 49.3 Å². The second-order valence-electron chi connectivity index (χ2n) is 5.12. The van der Waals surface area contributed by atoms with Gasteiger partial charge in [0.25, 0.3) is 0 Å². The molecule has 0 aliphatic rings. The van der Waals surface area contributed by atoms with E-state index in [-0.39, 0.29) is 0 Å². The van der Waals surface area contributed by atoms with Gasteiger partial charge >= 0.3 is 0 Å². The number of hydrogen-bond donors (Lipinski definition) is 0. The normalized spacial score (nSPS) is 10.8. The fourth-order valence-electron chi connectivity index (χ4n) is 2.41. The van der Waals surface area contributed by atoms with Crippen LogP contribution in [0.4, 0.5) is 0 Å². The summed E-state index contributed by atoms with van der Waals surface area (Å²) in [5.41, 5.74) is 4.71.